The van der Waals surface area contributed by atoms with E-state index in [1.807, 2.05) is 24.3 Å². The van der Waals surface area contributed by atoms with Crippen LogP contribution in [0.3, 0.4) is 0 Å². The molecule has 0 radical (unpaired) electrons. The molecule has 2 aromatic rings. The van der Waals surface area contributed by atoms with E-state index in [9.17, 15) is 29.3 Å². The van der Waals surface area contributed by atoms with Crippen LogP contribution in [0.2, 0.25) is 0 Å². The van der Waals surface area contributed by atoms with Gasteiger partial charge in [0.2, 0.25) is 5.91 Å². The lowest BCUT2D eigenvalue weighted by Gasteiger charge is -2.28. The summed E-state index contributed by atoms with van der Waals surface area (Å²) in [5.41, 5.74) is 1.29. The Balaban J connectivity index is 1.64. The maximum absolute atomic E-state index is 13.0. The molecule has 0 aliphatic carbocycles. The van der Waals surface area contributed by atoms with Crippen LogP contribution in [0.1, 0.15) is 5.56 Å². The Kier molecular flexibility index (Phi) is 8.81. The average molecular weight is 491 g/mol. The molecule has 8 nitrogen and oxygen atoms in total. The standard InChI is InChI=1S/C24H27FN2O6S/c1-27-17-5-3-4-6-19(17)34-13-16(24(27)32)26-23(31)22(33-2)21(30)20(29)18(28)12-9-14-7-10-15(25)11-8-14/h3-12,16,18,20-22,28-30H,13H2,1-2H3,(H,26,31)/t16-,18?,20?,21?,22?/m0/s1. The van der Waals surface area contributed by atoms with E-state index < -0.39 is 42.2 Å². The molecule has 2 aromatic carbocycles. The minimum atomic E-state index is -1.79. The van der Waals surface area contributed by atoms with E-state index >= 15 is 0 Å². The monoisotopic (exact) mass is 490 g/mol. The number of methoxy groups -OCH3 is 1. The van der Waals surface area contributed by atoms with Crippen molar-refractivity contribution in [2.45, 2.75) is 35.4 Å². The number of amides is 2. The lowest BCUT2D eigenvalue weighted by molar-refractivity contribution is -0.150. The normalized spacial score (nSPS) is 19.8. The van der Waals surface area contributed by atoms with Gasteiger partial charge in [0, 0.05) is 24.8 Å². The number of para-hydroxylation sites is 1. The van der Waals surface area contributed by atoms with Crippen molar-refractivity contribution in [1.82, 2.24) is 5.32 Å². The third kappa shape index (κ3) is 6.02. The lowest BCUT2D eigenvalue weighted by atomic mass is 10.0. The molecule has 34 heavy (non-hydrogen) atoms. The highest BCUT2D eigenvalue weighted by Crippen LogP contribution is 2.33. The summed E-state index contributed by atoms with van der Waals surface area (Å²) >= 11 is 1.41. The van der Waals surface area contributed by atoms with E-state index in [2.05, 4.69) is 5.32 Å². The van der Waals surface area contributed by atoms with Crippen molar-refractivity contribution in [3.05, 3.63) is 66.0 Å². The molecule has 2 amide bonds. The summed E-state index contributed by atoms with van der Waals surface area (Å²) < 4.78 is 18.1. The average Bonchev–Trinajstić information content (AvgIpc) is 2.95. The second kappa shape index (κ2) is 11.6. The zero-order valence-corrected chi connectivity index (χ0v) is 19.5. The van der Waals surface area contributed by atoms with Crippen LogP contribution in [0.25, 0.3) is 6.08 Å². The molecule has 4 N–H and O–H groups in total. The van der Waals surface area contributed by atoms with Gasteiger partial charge in [-0.1, -0.05) is 36.4 Å². The van der Waals surface area contributed by atoms with Crippen molar-refractivity contribution in [1.29, 1.82) is 0 Å². The van der Waals surface area contributed by atoms with Gasteiger partial charge in [-0.25, -0.2) is 4.39 Å². The molecular weight excluding hydrogens is 463 g/mol. The number of hydrogen-bond acceptors (Lipinski definition) is 7. The summed E-state index contributed by atoms with van der Waals surface area (Å²) in [6, 6.07) is 11.9. The Labute approximate surface area is 201 Å². The quantitative estimate of drug-likeness (QED) is 0.439. The number of likely N-dealkylation sites (N-methyl/N-ethyl adjacent to an activating group) is 1. The van der Waals surface area contributed by atoms with Crippen molar-refractivity contribution >= 4 is 35.3 Å². The highest BCUT2D eigenvalue weighted by atomic mass is 32.2. The molecule has 1 heterocycles. The first kappa shape index (κ1) is 25.9. The molecule has 1 aliphatic heterocycles. The summed E-state index contributed by atoms with van der Waals surface area (Å²) in [4.78, 5) is 28.1. The zero-order chi connectivity index (χ0) is 24.8. The summed E-state index contributed by atoms with van der Waals surface area (Å²) in [5.74, 6) is -1.29. The summed E-state index contributed by atoms with van der Waals surface area (Å²) in [6.45, 7) is 0. The number of nitrogens with zero attached hydrogens (tertiary/aromatic N) is 1. The molecule has 3 rings (SSSR count). The number of rotatable bonds is 8. The first-order valence-corrected chi connectivity index (χ1v) is 11.5. The number of fused-ring (bicyclic) bond motifs is 1. The number of carbonyl (C=O) groups is 2. The number of benzene rings is 2. The Bertz CT molecular complexity index is 1030. The van der Waals surface area contributed by atoms with Gasteiger partial charge in [0.05, 0.1) is 5.69 Å². The molecule has 0 bridgehead atoms. The number of anilines is 1. The lowest BCUT2D eigenvalue weighted by Crippen LogP contribution is -2.56. The van der Waals surface area contributed by atoms with Crippen molar-refractivity contribution in [3.8, 4) is 0 Å². The molecule has 10 heteroatoms. The predicted molar refractivity (Wildman–Crippen MR) is 127 cm³/mol. The SMILES string of the molecule is COC(C(=O)N[C@H]1CSc2ccccc2N(C)C1=O)C(O)C(O)C(O)C=Cc1ccc(F)cc1. The Hall–Kier alpha value is -2.76. The van der Waals surface area contributed by atoms with Crippen molar-refractivity contribution in [2.24, 2.45) is 0 Å². The minimum absolute atomic E-state index is 0.268. The van der Waals surface area contributed by atoms with Crippen molar-refractivity contribution in [3.63, 3.8) is 0 Å². The maximum Gasteiger partial charge on any atom is 0.252 e. The summed E-state index contributed by atoms with van der Waals surface area (Å²) in [6.07, 6.45) is -3.99. The van der Waals surface area contributed by atoms with Crippen LogP contribution >= 0.6 is 11.8 Å². The second-order valence-electron chi connectivity index (χ2n) is 7.78. The van der Waals surface area contributed by atoms with E-state index in [0.717, 1.165) is 10.6 Å². The van der Waals surface area contributed by atoms with Crippen LogP contribution in [0.15, 0.2) is 59.5 Å². The highest BCUT2D eigenvalue weighted by molar-refractivity contribution is 7.99. The fourth-order valence-corrected chi connectivity index (χ4v) is 4.59. The number of aliphatic hydroxyl groups excluding tert-OH is 3. The fourth-order valence-electron chi connectivity index (χ4n) is 3.49. The predicted octanol–water partition coefficient (Wildman–Crippen LogP) is 1.19. The first-order valence-electron chi connectivity index (χ1n) is 10.5. The van der Waals surface area contributed by atoms with Gasteiger partial charge in [-0.3, -0.25) is 9.59 Å². The molecule has 182 valence electrons. The van der Waals surface area contributed by atoms with Gasteiger partial charge in [-0.05, 0) is 29.8 Å². The number of thioether (sulfide) groups is 1. The molecule has 0 fully saturated rings. The van der Waals surface area contributed by atoms with Gasteiger partial charge >= 0.3 is 0 Å². The minimum Gasteiger partial charge on any atom is -0.387 e. The molecule has 0 aromatic heterocycles. The second-order valence-corrected chi connectivity index (χ2v) is 8.84. The Morgan fingerprint density at radius 3 is 2.53 bits per heavy atom. The van der Waals surface area contributed by atoms with Gasteiger partial charge in [0.15, 0.2) is 6.10 Å². The van der Waals surface area contributed by atoms with Crippen LogP contribution in [0.4, 0.5) is 10.1 Å². The van der Waals surface area contributed by atoms with E-state index in [1.165, 1.54) is 60.2 Å². The number of nitrogens with one attached hydrogen (secondary N) is 1. The van der Waals surface area contributed by atoms with Crippen LogP contribution in [-0.4, -0.2) is 77.5 Å². The number of aliphatic hydroxyl groups is 3. The number of hydrogen-bond donors (Lipinski definition) is 4. The summed E-state index contributed by atoms with van der Waals surface area (Å²) in [7, 11) is 2.79. The van der Waals surface area contributed by atoms with Gasteiger partial charge in [-0.15, -0.1) is 11.8 Å². The first-order chi connectivity index (χ1) is 16.2. The number of halogens is 1. The maximum atomic E-state index is 13.0. The smallest absolute Gasteiger partial charge is 0.252 e. The number of carbonyl (C=O) groups excluding carboxylic acids is 2. The molecule has 0 saturated heterocycles. The molecule has 0 spiro atoms. The van der Waals surface area contributed by atoms with Gasteiger partial charge < -0.3 is 30.3 Å². The largest absolute Gasteiger partial charge is 0.387 e. The zero-order valence-electron chi connectivity index (χ0n) is 18.7. The Morgan fingerprint density at radius 2 is 1.85 bits per heavy atom. The molecule has 5 atom stereocenters. The van der Waals surface area contributed by atoms with Crippen molar-refractivity contribution in [2.75, 3.05) is 24.8 Å². The highest BCUT2D eigenvalue weighted by Gasteiger charge is 2.38. The van der Waals surface area contributed by atoms with E-state index in [4.69, 9.17) is 4.74 Å². The topological polar surface area (TPSA) is 119 Å². The third-order valence-electron chi connectivity index (χ3n) is 5.46. The van der Waals surface area contributed by atoms with E-state index in [-0.39, 0.29) is 11.7 Å². The van der Waals surface area contributed by atoms with E-state index in [0.29, 0.717) is 5.56 Å². The Morgan fingerprint density at radius 1 is 1.18 bits per heavy atom. The van der Waals surface area contributed by atoms with Gasteiger partial charge in [0.25, 0.3) is 5.91 Å². The van der Waals surface area contributed by atoms with Gasteiger partial charge in [0.1, 0.15) is 30.2 Å². The number of ether oxygens (including phenoxy) is 1. The molecular formula is C24H27FN2O6S. The third-order valence-corrected chi connectivity index (χ3v) is 6.61. The van der Waals surface area contributed by atoms with Crippen LogP contribution in [-0.2, 0) is 14.3 Å². The van der Waals surface area contributed by atoms with Gasteiger partial charge in [-0.2, -0.15) is 0 Å². The van der Waals surface area contributed by atoms with Crippen LogP contribution in [0, 0.1) is 5.82 Å². The van der Waals surface area contributed by atoms with E-state index in [1.54, 1.807) is 7.05 Å². The molecule has 0 saturated carbocycles. The van der Waals surface area contributed by atoms with Crippen LogP contribution < -0.4 is 10.2 Å². The van der Waals surface area contributed by atoms with Crippen LogP contribution in [0.5, 0.6) is 0 Å². The summed E-state index contributed by atoms with van der Waals surface area (Å²) in [5, 5.41) is 33.7. The molecule has 1 aliphatic rings. The fraction of sp³-hybridized carbons (Fsp3) is 0.333. The molecule has 4 unspecified atom stereocenters. The van der Waals surface area contributed by atoms with Crippen molar-refractivity contribution < 1.29 is 34.0 Å².